The predicted molar refractivity (Wildman–Crippen MR) is 53.9 cm³/mol. The van der Waals surface area contributed by atoms with Gasteiger partial charge in [0.05, 0.1) is 0 Å². The maximum Gasteiger partial charge on any atom is 0.147 e. The zero-order valence-electron chi connectivity index (χ0n) is 7.77. The van der Waals surface area contributed by atoms with Gasteiger partial charge < -0.3 is 5.32 Å². The summed E-state index contributed by atoms with van der Waals surface area (Å²) >= 11 is 1.59. The minimum Gasteiger partial charge on any atom is -0.316 e. The maximum absolute atomic E-state index is 14.3. The van der Waals surface area contributed by atoms with Gasteiger partial charge in [-0.3, -0.25) is 0 Å². The fourth-order valence-corrected chi connectivity index (χ4v) is 2.75. The fourth-order valence-electron chi connectivity index (χ4n) is 1.74. The van der Waals surface area contributed by atoms with E-state index in [1.165, 1.54) is 4.88 Å². The molecule has 2 rings (SSSR count). The zero-order chi connectivity index (χ0) is 9.31. The Morgan fingerprint density at radius 1 is 1.38 bits per heavy atom. The number of nitrogens with one attached hydrogen (secondary N) is 1. The molecule has 0 atom stereocenters. The number of hydrogen-bond acceptors (Lipinski definition) is 2. The number of halogens is 1. The van der Waals surface area contributed by atoms with E-state index in [9.17, 15) is 4.39 Å². The monoisotopic (exact) mass is 199 g/mol. The van der Waals surface area contributed by atoms with E-state index < -0.39 is 5.67 Å². The van der Waals surface area contributed by atoms with Crippen LogP contribution in [-0.2, 0) is 5.67 Å². The first-order chi connectivity index (χ1) is 6.21. The second kappa shape index (κ2) is 3.39. The minimum absolute atomic E-state index is 0.618. The first-order valence-corrected chi connectivity index (χ1v) is 5.49. The lowest BCUT2D eigenvalue weighted by atomic mass is 9.93. The molecule has 0 amide bonds. The smallest absolute Gasteiger partial charge is 0.147 e. The molecular weight excluding hydrogens is 185 g/mol. The van der Waals surface area contributed by atoms with Crippen LogP contribution in [0.4, 0.5) is 4.39 Å². The Bertz CT molecular complexity index is 289. The number of rotatable bonds is 1. The molecule has 3 heteroatoms. The van der Waals surface area contributed by atoms with E-state index in [0.29, 0.717) is 12.8 Å². The quantitative estimate of drug-likeness (QED) is 0.733. The van der Waals surface area contributed by atoms with Crippen LogP contribution in [0.2, 0.25) is 0 Å². The second-order valence-electron chi connectivity index (χ2n) is 3.63. The van der Waals surface area contributed by atoms with E-state index in [-0.39, 0.29) is 0 Å². The summed E-state index contributed by atoms with van der Waals surface area (Å²) in [4.78, 5) is 2.11. The van der Waals surface area contributed by atoms with Gasteiger partial charge in [0.25, 0.3) is 0 Å². The second-order valence-corrected chi connectivity index (χ2v) is 4.91. The summed E-state index contributed by atoms with van der Waals surface area (Å²) in [5.74, 6) is 0. The molecule has 0 aromatic carbocycles. The molecule has 72 valence electrons. The van der Waals surface area contributed by atoms with E-state index in [4.69, 9.17) is 0 Å². The normalized spacial score (nSPS) is 21.7. The van der Waals surface area contributed by atoms with Gasteiger partial charge in [0.2, 0.25) is 0 Å². The van der Waals surface area contributed by atoms with E-state index in [2.05, 4.69) is 5.32 Å². The van der Waals surface area contributed by atoms with Crippen molar-refractivity contribution in [3.63, 3.8) is 0 Å². The standard InChI is InChI=1S/C10H14FNS/c1-8-2-3-9(13-8)10(11)4-6-12-7-5-10/h2-3,12H,4-7H2,1H3. The average molecular weight is 199 g/mol. The van der Waals surface area contributed by atoms with E-state index >= 15 is 0 Å². The van der Waals surface area contributed by atoms with Gasteiger partial charge in [-0.2, -0.15) is 0 Å². The molecule has 1 fully saturated rings. The number of aryl methyl sites for hydroxylation is 1. The van der Waals surface area contributed by atoms with Crippen LogP contribution in [0.15, 0.2) is 12.1 Å². The molecule has 1 saturated heterocycles. The molecule has 0 unspecified atom stereocenters. The van der Waals surface area contributed by atoms with Crippen molar-refractivity contribution in [1.82, 2.24) is 5.32 Å². The first-order valence-electron chi connectivity index (χ1n) is 4.67. The lowest BCUT2D eigenvalue weighted by Gasteiger charge is -2.28. The van der Waals surface area contributed by atoms with E-state index in [0.717, 1.165) is 18.0 Å². The fraction of sp³-hybridized carbons (Fsp3) is 0.600. The summed E-state index contributed by atoms with van der Waals surface area (Å²) in [6, 6.07) is 3.94. The number of alkyl halides is 1. The van der Waals surface area contributed by atoms with Crippen molar-refractivity contribution in [3.05, 3.63) is 21.9 Å². The molecule has 1 nitrogen and oxygen atoms in total. The van der Waals surface area contributed by atoms with Gasteiger partial charge in [0, 0.05) is 9.75 Å². The van der Waals surface area contributed by atoms with Crippen molar-refractivity contribution in [2.24, 2.45) is 0 Å². The van der Waals surface area contributed by atoms with Gasteiger partial charge in [-0.1, -0.05) is 0 Å². The number of piperidine rings is 1. The summed E-state index contributed by atoms with van der Waals surface area (Å²) in [7, 11) is 0. The Morgan fingerprint density at radius 2 is 2.08 bits per heavy atom. The molecule has 1 aromatic rings. The molecule has 0 aliphatic carbocycles. The topological polar surface area (TPSA) is 12.0 Å². The van der Waals surface area contributed by atoms with Crippen molar-refractivity contribution in [1.29, 1.82) is 0 Å². The van der Waals surface area contributed by atoms with E-state index in [1.54, 1.807) is 11.3 Å². The number of thiophene rings is 1. The zero-order valence-corrected chi connectivity index (χ0v) is 8.59. The summed E-state index contributed by atoms with van der Waals surface area (Å²) in [5.41, 5.74) is -1.05. The molecule has 2 heterocycles. The van der Waals surface area contributed by atoms with Crippen LogP contribution in [0.5, 0.6) is 0 Å². The highest BCUT2D eigenvalue weighted by Crippen LogP contribution is 2.38. The summed E-state index contributed by atoms with van der Waals surface area (Å²) < 4.78 is 14.3. The van der Waals surface area contributed by atoms with Crippen LogP contribution >= 0.6 is 11.3 Å². The molecular formula is C10H14FNS. The number of hydrogen-bond donors (Lipinski definition) is 1. The molecule has 1 aliphatic heterocycles. The third-order valence-electron chi connectivity index (χ3n) is 2.58. The average Bonchev–Trinajstić information content (AvgIpc) is 2.54. The minimum atomic E-state index is -1.05. The Kier molecular flexibility index (Phi) is 2.39. The van der Waals surface area contributed by atoms with Crippen molar-refractivity contribution >= 4 is 11.3 Å². The van der Waals surface area contributed by atoms with Gasteiger partial charge in [-0.05, 0) is 45.0 Å². The third-order valence-corrected chi connectivity index (χ3v) is 3.76. The Hall–Kier alpha value is -0.410. The maximum atomic E-state index is 14.3. The SMILES string of the molecule is Cc1ccc(C2(F)CCNCC2)s1. The highest BCUT2D eigenvalue weighted by atomic mass is 32.1. The van der Waals surface area contributed by atoms with Gasteiger partial charge in [0.1, 0.15) is 5.67 Å². The summed E-state index contributed by atoms with van der Waals surface area (Å²) in [5, 5.41) is 3.18. The van der Waals surface area contributed by atoms with Gasteiger partial charge in [0.15, 0.2) is 0 Å². The lowest BCUT2D eigenvalue weighted by molar-refractivity contribution is 0.119. The van der Waals surface area contributed by atoms with Crippen LogP contribution in [0.3, 0.4) is 0 Å². The molecule has 1 N–H and O–H groups in total. The summed E-state index contributed by atoms with van der Waals surface area (Å²) in [6.07, 6.45) is 1.24. The third kappa shape index (κ3) is 1.76. The lowest BCUT2D eigenvalue weighted by Crippen LogP contribution is -2.36. The molecule has 13 heavy (non-hydrogen) atoms. The van der Waals surface area contributed by atoms with Crippen molar-refractivity contribution < 1.29 is 4.39 Å². The van der Waals surface area contributed by atoms with Gasteiger partial charge in [-0.15, -0.1) is 11.3 Å². The Balaban J connectivity index is 2.22. The predicted octanol–water partition coefficient (Wildman–Crippen LogP) is 2.60. The van der Waals surface area contributed by atoms with Crippen LogP contribution in [0.1, 0.15) is 22.6 Å². The Labute approximate surface area is 82.0 Å². The van der Waals surface area contributed by atoms with Crippen LogP contribution in [0, 0.1) is 6.92 Å². The Morgan fingerprint density at radius 3 is 2.62 bits per heavy atom. The van der Waals surface area contributed by atoms with E-state index in [1.807, 2.05) is 19.1 Å². The summed E-state index contributed by atoms with van der Waals surface area (Å²) in [6.45, 7) is 3.62. The molecule has 0 saturated carbocycles. The first kappa shape index (κ1) is 9.16. The molecule has 1 aromatic heterocycles. The molecule has 0 spiro atoms. The highest BCUT2D eigenvalue weighted by Gasteiger charge is 2.34. The highest BCUT2D eigenvalue weighted by molar-refractivity contribution is 7.12. The van der Waals surface area contributed by atoms with Crippen molar-refractivity contribution in [2.45, 2.75) is 25.4 Å². The van der Waals surface area contributed by atoms with Crippen LogP contribution in [0.25, 0.3) is 0 Å². The van der Waals surface area contributed by atoms with Crippen molar-refractivity contribution in [3.8, 4) is 0 Å². The molecule has 1 aliphatic rings. The molecule has 0 radical (unpaired) electrons. The molecule has 0 bridgehead atoms. The van der Waals surface area contributed by atoms with Crippen LogP contribution in [-0.4, -0.2) is 13.1 Å². The largest absolute Gasteiger partial charge is 0.316 e. The van der Waals surface area contributed by atoms with Crippen LogP contribution < -0.4 is 5.32 Å². The van der Waals surface area contributed by atoms with Crippen molar-refractivity contribution in [2.75, 3.05) is 13.1 Å². The van der Waals surface area contributed by atoms with Gasteiger partial charge in [-0.25, -0.2) is 4.39 Å². The van der Waals surface area contributed by atoms with Gasteiger partial charge >= 0.3 is 0 Å².